The molecule has 2 atom stereocenters. The Bertz CT molecular complexity index is 1450. The molecular weight excluding hydrogens is 614 g/mol. The molecule has 1 N–H and O–H groups in total. The lowest BCUT2D eigenvalue weighted by Gasteiger charge is -2.33. The zero-order valence-corrected chi connectivity index (χ0v) is 27.5. The summed E-state index contributed by atoms with van der Waals surface area (Å²) < 4.78 is 27.9. The van der Waals surface area contributed by atoms with Gasteiger partial charge in [0.15, 0.2) is 0 Å². The first-order valence-corrected chi connectivity index (χ1v) is 17.0. The molecule has 0 aliphatic carbocycles. The highest BCUT2D eigenvalue weighted by Gasteiger charge is 2.31. The summed E-state index contributed by atoms with van der Waals surface area (Å²) in [6.45, 7) is 8.21. The maximum absolute atomic E-state index is 14.0. The predicted molar refractivity (Wildman–Crippen MR) is 174 cm³/mol. The average molecular weight is 657 g/mol. The molecule has 0 bridgehead atoms. The number of amides is 2. The van der Waals surface area contributed by atoms with Crippen molar-refractivity contribution in [2.24, 2.45) is 0 Å². The monoisotopic (exact) mass is 655 g/mol. The van der Waals surface area contributed by atoms with Crippen LogP contribution in [0.4, 0.5) is 5.69 Å². The number of nitrogens with one attached hydrogen (secondary N) is 1. The third-order valence-electron chi connectivity index (χ3n) is 7.54. The van der Waals surface area contributed by atoms with Gasteiger partial charge in [-0.1, -0.05) is 77.5 Å². The number of halogens is 1. The topological polar surface area (TPSA) is 86.8 Å². The number of hydrogen-bond donors (Lipinski definition) is 1. The number of rotatable bonds is 14. The van der Waals surface area contributed by atoms with Gasteiger partial charge in [0.1, 0.15) is 6.04 Å². The Morgan fingerprint density at radius 2 is 1.60 bits per heavy atom. The summed E-state index contributed by atoms with van der Waals surface area (Å²) in [5.74, 6) is -0.403. The highest BCUT2D eigenvalue weighted by Crippen LogP contribution is 2.26. The van der Waals surface area contributed by atoms with Crippen LogP contribution in [0.25, 0.3) is 0 Å². The molecule has 0 aliphatic rings. The zero-order valence-electron chi connectivity index (χ0n) is 25.1. The Morgan fingerprint density at radius 1 is 0.929 bits per heavy atom. The van der Waals surface area contributed by atoms with Gasteiger partial charge in [0, 0.05) is 36.4 Å². The molecule has 0 aliphatic heterocycles. The normalized spacial score (nSPS) is 12.8. The molecule has 0 aromatic heterocycles. The first-order chi connectivity index (χ1) is 19.9. The number of hydrogen-bond acceptors (Lipinski definition) is 4. The largest absolute Gasteiger partial charge is 0.352 e. The molecule has 0 spiro atoms. The number of anilines is 1. The van der Waals surface area contributed by atoms with Crippen LogP contribution in [0.3, 0.4) is 0 Å². The van der Waals surface area contributed by atoms with Crippen molar-refractivity contribution in [2.45, 2.75) is 72.0 Å². The summed E-state index contributed by atoms with van der Waals surface area (Å²) in [6, 6.07) is 22.2. The van der Waals surface area contributed by atoms with E-state index in [0.717, 1.165) is 33.1 Å². The van der Waals surface area contributed by atoms with Crippen molar-refractivity contribution in [2.75, 3.05) is 17.1 Å². The fraction of sp³-hybridized carbons (Fsp3) is 0.394. The maximum Gasteiger partial charge on any atom is 0.243 e. The van der Waals surface area contributed by atoms with Crippen molar-refractivity contribution in [1.82, 2.24) is 10.2 Å². The van der Waals surface area contributed by atoms with Gasteiger partial charge in [0.05, 0.1) is 11.9 Å². The molecule has 3 aromatic rings. The summed E-state index contributed by atoms with van der Waals surface area (Å²) in [5.41, 5.74) is 4.35. The van der Waals surface area contributed by atoms with Gasteiger partial charge in [-0.05, 0) is 74.1 Å². The standard InChI is InChI=1S/C33H42BrN3O4S/c1-6-25(3)35-33(39)31(22-27-13-8-7-9-14-27)36(23-28-17-19-29(34)20-18-28)32(38)16-11-21-37(42(5,40)41)30-15-10-12-24(2)26(30)4/h7-10,12-15,17-20,25,31H,6,11,16,21-23H2,1-5H3,(H,35,39)/t25-,31-/m0/s1. The molecule has 0 unspecified atom stereocenters. The van der Waals surface area contributed by atoms with Crippen LogP contribution in [0.5, 0.6) is 0 Å². The van der Waals surface area contributed by atoms with Gasteiger partial charge in [-0.2, -0.15) is 0 Å². The molecule has 2 amide bonds. The summed E-state index contributed by atoms with van der Waals surface area (Å²) in [6.07, 6.45) is 2.72. The lowest BCUT2D eigenvalue weighted by atomic mass is 10.0. The molecule has 3 rings (SSSR count). The smallest absolute Gasteiger partial charge is 0.243 e. The van der Waals surface area contributed by atoms with E-state index in [1.807, 2.05) is 94.4 Å². The van der Waals surface area contributed by atoms with Crippen molar-refractivity contribution in [1.29, 1.82) is 0 Å². The van der Waals surface area contributed by atoms with Gasteiger partial charge in [0.2, 0.25) is 21.8 Å². The molecule has 7 nitrogen and oxygen atoms in total. The quantitative estimate of drug-likeness (QED) is 0.225. The number of carbonyl (C=O) groups excluding carboxylic acids is 2. The van der Waals surface area contributed by atoms with Crippen molar-refractivity contribution >= 4 is 43.5 Å². The van der Waals surface area contributed by atoms with Crippen LogP contribution in [-0.4, -0.2) is 50.0 Å². The van der Waals surface area contributed by atoms with Gasteiger partial charge >= 0.3 is 0 Å². The van der Waals surface area contributed by atoms with Crippen molar-refractivity contribution < 1.29 is 18.0 Å². The summed E-state index contributed by atoms with van der Waals surface area (Å²) in [5, 5.41) is 3.08. The number of benzene rings is 3. The Morgan fingerprint density at radius 3 is 2.21 bits per heavy atom. The fourth-order valence-electron chi connectivity index (χ4n) is 4.77. The summed E-state index contributed by atoms with van der Waals surface area (Å²) >= 11 is 3.47. The third kappa shape index (κ3) is 9.42. The minimum atomic E-state index is -3.58. The van der Waals surface area contributed by atoms with Crippen molar-refractivity contribution in [3.63, 3.8) is 0 Å². The van der Waals surface area contributed by atoms with E-state index in [9.17, 15) is 18.0 Å². The number of nitrogens with zero attached hydrogens (tertiary/aromatic N) is 2. The van der Waals surface area contributed by atoms with Crippen molar-refractivity contribution in [3.05, 3.63) is 99.5 Å². The molecule has 0 saturated heterocycles. The van der Waals surface area contributed by atoms with E-state index < -0.39 is 16.1 Å². The van der Waals surface area contributed by atoms with Crippen LogP contribution >= 0.6 is 15.9 Å². The van der Waals surface area contributed by atoms with E-state index >= 15 is 0 Å². The second-order valence-electron chi connectivity index (χ2n) is 10.8. The number of aryl methyl sites for hydroxylation is 1. The minimum Gasteiger partial charge on any atom is -0.352 e. The first kappa shape index (κ1) is 33.3. The molecule has 0 saturated carbocycles. The molecule has 42 heavy (non-hydrogen) atoms. The van der Waals surface area contributed by atoms with E-state index in [-0.39, 0.29) is 37.4 Å². The van der Waals surface area contributed by atoms with Crippen LogP contribution in [0, 0.1) is 13.8 Å². The van der Waals surface area contributed by atoms with Gasteiger partial charge in [-0.3, -0.25) is 13.9 Å². The minimum absolute atomic E-state index is 0.0405. The number of carbonyl (C=O) groups is 2. The second-order valence-corrected chi connectivity index (χ2v) is 13.7. The van der Waals surface area contributed by atoms with E-state index in [4.69, 9.17) is 0 Å². The maximum atomic E-state index is 14.0. The van der Waals surface area contributed by atoms with Crippen LogP contribution in [-0.2, 0) is 32.6 Å². The molecular formula is C33H42BrN3O4S. The Kier molecular flexibility index (Phi) is 12.2. The van der Waals surface area contributed by atoms with Gasteiger partial charge in [-0.15, -0.1) is 0 Å². The lowest BCUT2D eigenvalue weighted by molar-refractivity contribution is -0.141. The Labute approximate surface area is 259 Å². The van der Waals surface area contributed by atoms with Gasteiger partial charge in [0.25, 0.3) is 0 Å². The highest BCUT2D eigenvalue weighted by atomic mass is 79.9. The molecule has 0 fully saturated rings. The van der Waals surface area contributed by atoms with E-state index in [0.29, 0.717) is 18.5 Å². The van der Waals surface area contributed by atoms with Crippen LogP contribution in [0.2, 0.25) is 0 Å². The van der Waals surface area contributed by atoms with Crippen LogP contribution in [0.1, 0.15) is 55.4 Å². The molecule has 0 radical (unpaired) electrons. The SMILES string of the molecule is CC[C@H](C)NC(=O)[C@H](Cc1ccccc1)N(Cc1ccc(Br)cc1)C(=O)CCCN(c1cccc(C)c1C)S(C)(=O)=O. The highest BCUT2D eigenvalue weighted by molar-refractivity contribution is 9.10. The Hall–Kier alpha value is -3.17. The summed E-state index contributed by atoms with van der Waals surface area (Å²) in [7, 11) is -3.58. The van der Waals surface area contributed by atoms with E-state index in [2.05, 4.69) is 21.2 Å². The van der Waals surface area contributed by atoms with Crippen LogP contribution in [0.15, 0.2) is 77.3 Å². The summed E-state index contributed by atoms with van der Waals surface area (Å²) in [4.78, 5) is 29.3. The molecule has 3 aromatic carbocycles. The van der Waals surface area contributed by atoms with Gasteiger partial charge in [-0.25, -0.2) is 8.42 Å². The Balaban J connectivity index is 1.90. The van der Waals surface area contributed by atoms with E-state index in [1.54, 1.807) is 11.0 Å². The number of sulfonamides is 1. The fourth-order valence-corrected chi connectivity index (χ4v) is 6.05. The lowest BCUT2D eigenvalue weighted by Crippen LogP contribution is -2.52. The predicted octanol–water partition coefficient (Wildman–Crippen LogP) is 6.17. The molecule has 9 heteroatoms. The first-order valence-electron chi connectivity index (χ1n) is 14.3. The van der Waals surface area contributed by atoms with Crippen LogP contribution < -0.4 is 9.62 Å². The van der Waals surface area contributed by atoms with Crippen molar-refractivity contribution in [3.8, 4) is 0 Å². The second kappa shape index (κ2) is 15.3. The molecule has 226 valence electrons. The molecule has 0 heterocycles. The zero-order chi connectivity index (χ0) is 30.9. The average Bonchev–Trinajstić information content (AvgIpc) is 2.95. The van der Waals surface area contributed by atoms with E-state index in [1.165, 1.54) is 10.6 Å². The van der Waals surface area contributed by atoms with Gasteiger partial charge < -0.3 is 10.2 Å². The third-order valence-corrected chi connectivity index (χ3v) is 9.24.